The predicted molar refractivity (Wildman–Crippen MR) is 126 cm³/mol. The molecule has 2 atom stereocenters. The number of nitrogens with zero attached hydrogens (tertiary/aromatic N) is 3. The van der Waals surface area contributed by atoms with Gasteiger partial charge in [0.25, 0.3) is 5.56 Å². The fourth-order valence-corrected chi connectivity index (χ4v) is 7.84. The number of nitrogens with one attached hydrogen (secondary N) is 2. The maximum Gasteiger partial charge on any atom is 0.283 e. The summed E-state index contributed by atoms with van der Waals surface area (Å²) in [6, 6.07) is 3.68. The highest BCUT2D eigenvalue weighted by molar-refractivity contribution is 9.10. The number of amides is 1. The Morgan fingerprint density at radius 2 is 1.84 bits per heavy atom. The molecule has 0 radical (unpaired) electrons. The van der Waals surface area contributed by atoms with Crippen LogP contribution in [-0.4, -0.2) is 26.2 Å². The average molecular weight is 500 g/mol. The highest BCUT2D eigenvalue weighted by Gasteiger charge is 2.60. The lowest BCUT2D eigenvalue weighted by atomic mass is 9.43. The first-order valence-corrected chi connectivity index (χ1v) is 12.2. The summed E-state index contributed by atoms with van der Waals surface area (Å²) in [4.78, 5) is 29.2. The summed E-state index contributed by atoms with van der Waals surface area (Å²) in [6.45, 7) is 5.13. The van der Waals surface area contributed by atoms with Gasteiger partial charge in [-0.15, -0.1) is 0 Å². The number of rotatable bonds is 6. The fourth-order valence-electron chi connectivity index (χ4n) is 7.43. The van der Waals surface area contributed by atoms with Crippen molar-refractivity contribution in [2.24, 2.45) is 16.7 Å². The Hall–Kier alpha value is -2.22. The molecule has 2 aromatic rings. The van der Waals surface area contributed by atoms with Gasteiger partial charge in [-0.3, -0.25) is 14.6 Å². The van der Waals surface area contributed by atoms with Crippen molar-refractivity contribution in [1.29, 1.82) is 0 Å². The Balaban J connectivity index is 1.29. The standard InChI is InChI=1S/C24H30BrN5O2/c1-22-7-17-8-23(2,13-22)15-24(9-17,14-22)29-18-11-28-30(21(32)20(18)25)12-19(31)27-10-16-3-5-26-6-4-16/h3-6,11,17,29H,7-10,12-15H2,1-2H3,(H,27,31). The minimum Gasteiger partial charge on any atom is -0.377 e. The van der Waals surface area contributed by atoms with E-state index in [9.17, 15) is 9.59 Å². The van der Waals surface area contributed by atoms with Crippen molar-refractivity contribution in [3.63, 3.8) is 0 Å². The molecule has 0 aromatic carbocycles. The highest BCUT2D eigenvalue weighted by Crippen LogP contribution is 2.66. The number of hydrogen-bond donors (Lipinski definition) is 2. The third-order valence-electron chi connectivity index (χ3n) is 7.54. The molecule has 0 aliphatic heterocycles. The van der Waals surface area contributed by atoms with E-state index in [2.05, 4.69) is 50.5 Å². The molecule has 170 valence electrons. The number of carbonyl (C=O) groups is 1. The first-order chi connectivity index (χ1) is 15.2. The van der Waals surface area contributed by atoms with Gasteiger partial charge in [0.05, 0.1) is 11.9 Å². The molecule has 2 heterocycles. The topological polar surface area (TPSA) is 88.9 Å². The van der Waals surface area contributed by atoms with Gasteiger partial charge in [-0.2, -0.15) is 5.10 Å². The summed E-state index contributed by atoms with van der Waals surface area (Å²) >= 11 is 3.49. The number of carbonyl (C=O) groups excluding carboxylic acids is 1. The smallest absolute Gasteiger partial charge is 0.283 e. The van der Waals surface area contributed by atoms with Crippen LogP contribution in [0.1, 0.15) is 57.9 Å². The van der Waals surface area contributed by atoms with E-state index >= 15 is 0 Å². The summed E-state index contributed by atoms with van der Waals surface area (Å²) < 4.78 is 1.65. The summed E-state index contributed by atoms with van der Waals surface area (Å²) in [5.41, 5.74) is 2.17. The Morgan fingerprint density at radius 1 is 1.16 bits per heavy atom. The number of pyridine rings is 1. The third kappa shape index (κ3) is 4.09. The second-order valence-corrected chi connectivity index (χ2v) is 11.8. The Kier molecular flexibility index (Phi) is 5.19. The van der Waals surface area contributed by atoms with Crippen molar-refractivity contribution in [2.75, 3.05) is 5.32 Å². The molecule has 0 saturated heterocycles. The second-order valence-electron chi connectivity index (χ2n) is 11.0. The normalized spacial score (nSPS) is 32.7. The quantitative estimate of drug-likeness (QED) is 0.629. The zero-order chi connectivity index (χ0) is 22.6. The van der Waals surface area contributed by atoms with Crippen LogP contribution >= 0.6 is 15.9 Å². The molecule has 0 spiro atoms. The Morgan fingerprint density at radius 3 is 2.50 bits per heavy atom. The molecule has 4 saturated carbocycles. The Bertz CT molecular complexity index is 1080. The van der Waals surface area contributed by atoms with Crippen molar-refractivity contribution < 1.29 is 4.79 Å². The van der Waals surface area contributed by atoms with Crippen molar-refractivity contribution in [1.82, 2.24) is 20.1 Å². The molecule has 2 aromatic heterocycles. The van der Waals surface area contributed by atoms with Crippen LogP contribution in [0.3, 0.4) is 0 Å². The monoisotopic (exact) mass is 499 g/mol. The molecular formula is C24H30BrN5O2. The molecule has 32 heavy (non-hydrogen) atoms. The van der Waals surface area contributed by atoms with Gasteiger partial charge in [0.1, 0.15) is 11.0 Å². The van der Waals surface area contributed by atoms with E-state index in [1.165, 1.54) is 23.9 Å². The first kappa shape index (κ1) is 21.6. The van der Waals surface area contributed by atoms with Crippen LogP contribution in [-0.2, 0) is 17.9 Å². The van der Waals surface area contributed by atoms with E-state index in [4.69, 9.17) is 0 Å². The van der Waals surface area contributed by atoms with E-state index in [1.807, 2.05) is 12.1 Å². The van der Waals surface area contributed by atoms with Crippen LogP contribution < -0.4 is 16.2 Å². The molecule has 4 bridgehead atoms. The van der Waals surface area contributed by atoms with Gasteiger partial charge in [-0.25, -0.2) is 4.68 Å². The van der Waals surface area contributed by atoms with Crippen molar-refractivity contribution in [3.8, 4) is 0 Å². The van der Waals surface area contributed by atoms with Gasteiger partial charge in [-0.1, -0.05) is 13.8 Å². The van der Waals surface area contributed by atoms with E-state index in [1.54, 1.807) is 18.6 Å². The molecular weight excluding hydrogens is 470 g/mol. The highest BCUT2D eigenvalue weighted by atomic mass is 79.9. The van der Waals surface area contributed by atoms with E-state index in [-0.39, 0.29) is 23.6 Å². The lowest BCUT2D eigenvalue weighted by Crippen LogP contribution is -2.61. The lowest BCUT2D eigenvalue weighted by Gasteiger charge is -2.65. The maximum atomic E-state index is 12.9. The zero-order valence-electron chi connectivity index (χ0n) is 18.7. The van der Waals surface area contributed by atoms with Gasteiger partial charge in [0.15, 0.2) is 0 Å². The molecule has 4 aliphatic rings. The molecule has 2 unspecified atom stereocenters. The van der Waals surface area contributed by atoms with Gasteiger partial charge in [0.2, 0.25) is 5.91 Å². The van der Waals surface area contributed by atoms with E-state index in [0.29, 0.717) is 21.8 Å². The van der Waals surface area contributed by atoms with Gasteiger partial charge in [0, 0.05) is 24.5 Å². The summed E-state index contributed by atoms with van der Waals surface area (Å²) in [6.07, 6.45) is 12.4. The zero-order valence-corrected chi connectivity index (χ0v) is 20.2. The van der Waals surface area contributed by atoms with Crippen LogP contribution in [0.2, 0.25) is 0 Å². The number of anilines is 1. The van der Waals surface area contributed by atoms with E-state index in [0.717, 1.165) is 36.4 Å². The first-order valence-electron chi connectivity index (χ1n) is 11.4. The number of hydrogen-bond acceptors (Lipinski definition) is 5. The van der Waals surface area contributed by atoms with Crippen molar-refractivity contribution >= 4 is 27.5 Å². The summed E-state index contributed by atoms with van der Waals surface area (Å²) in [5.74, 6) is 0.496. The minimum absolute atomic E-state index is 0.0215. The minimum atomic E-state index is -0.295. The van der Waals surface area contributed by atoms with Crippen molar-refractivity contribution in [2.45, 2.75) is 71.0 Å². The van der Waals surface area contributed by atoms with Crippen molar-refractivity contribution in [3.05, 3.63) is 51.1 Å². The molecule has 4 fully saturated rings. The van der Waals surface area contributed by atoms with Crippen LogP contribution in [0.5, 0.6) is 0 Å². The van der Waals surface area contributed by atoms with Gasteiger partial charge in [-0.05, 0) is 88.9 Å². The molecule has 1 amide bonds. The molecule has 7 nitrogen and oxygen atoms in total. The number of halogens is 1. The van der Waals surface area contributed by atoms with Crippen LogP contribution in [0.4, 0.5) is 5.69 Å². The lowest BCUT2D eigenvalue weighted by molar-refractivity contribution is -0.122. The van der Waals surface area contributed by atoms with Gasteiger partial charge >= 0.3 is 0 Å². The average Bonchev–Trinajstić information content (AvgIpc) is 2.70. The predicted octanol–water partition coefficient (Wildman–Crippen LogP) is 3.88. The third-order valence-corrected chi connectivity index (χ3v) is 8.31. The second kappa shape index (κ2) is 7.68. The van der Waals surface area contributed by atoms with Crippen LogP contribution in [0, 0.1) is 16.7 Å². The van der Waals surface area contributed by atoms with Crippen LogP contribution in [0.25, 0.3) is 0 Å². The van der Waals surface area contributed by atoms with Gasteiger partial charge < -0.3 is 10.6 Å². The number of aromatic nitrogens is 3. The Labute approximate surface area is 196 Å². The van der Waals surface area contributed by atoms with E-state index < -0.39 is 0 Å². The molecule has 2 N–H and O–H groups in total. The fraction of sp³-hybridized carbons (Fsp3) is 0.583. The summed E-state index contributed by atoms with van der Waals surface area (Å²) in [5, 5.41) is 10.9. The SMILES string of the molecule is CC12CC3CC(C)(C1)CC(Nc1cnn(CC(=O)NCc4ccncc4)c(=O)c1Br)(C3)C2. The van der Waals surface area contributed by atoms with Crippen LogP contribution in [0.15, 0.2) is 40.0 Å². The molecule has 8 heteroatoms. The maximum absolute atomic E-state index is 12.9. The largest absolute Gasteiger partial charge is 0.377 e. The summed E-state index contributed by atoms with van der Waals surface area (Å²) in [7, 11) is 0. The molecule has 4 aliphatic carbocycles. The molecule has 6 rings (SSSR count).